The van der Waals surface area contributed by atoms with E-state index in [2.05, 4.69) is 10.0 Å². The van der Waals surface area contributed by atoms with E-state index in [-0.39, 0.29) is 22.2 Å². The summed E-state index contributed by atoms with van der Waals surface area (Å²) < 4.78 is 38.1. The Hall–Kier alpha value is -2.65. The molecule has 0 aliphatic heterocycles. The maximum Gasteiger partial charge on any atom is 0.262 e. The van der Waals surface area contributed by atoms with Crippen LogP contribution in [0.1, 0.15) is 0 Å². The summed E-state index contributed by atoms with van der Waals surface area (Å²) in [5.74, 6) is 0.332. The van der Waals surface area contributed by atoms with Gasteiger partial charge in [-0.2, -0.15) is 0 Å². The zero-order chi connectivity index (χ0) is 23.3. The number of halogens is 3. The first kappa shape index (κ1) is 24.0. The molecule has 0 aliphatic carbocycles. The molecule has 0 saturated heterocycles. The molecule has 0 heterocycles. The number of rotatable bonds is 8. The Morgan fingerprint density at radius 1 is 0.875 bits per heavy atom. The number of sulfonamides is 1. The van der Waals surface area contributed by atoms with Crippen LogP contribution in [0, 0.1) is 0 Å². The molecular formula is C21H17Cl3N2O5S. The molecule has 0 unspecified atom stereocenters. The number of methoxy groups -OCH3 is 1. The van der Waals surface area contributed by atoms with Gasteiger partial charge in [-0.25, -0.2) is 8.42 Å². The zero-order valence-corrected chi connectivity index (χ0v) is 19.6. The summed E-state index contributed by atoms with van der Waals surface area (Å²) in [6.07, 6.45) is 0. The lowest BCUT2D eigenvalue weighted by Gasteiger charge is -2.11. The summed E-state index contributed by atoms with van der Waals surface area (Å²) in [7, 11) is -2.39. The largest absolute Gasteiger partial charge is 0.495 e. The van der Waals surface area contributed by atoms with E-state index in [1.54, 1.807) is 18.2 Å². The monoisotopic (exact) mass is 514 g/mol. The van der Waals surface area contributed by atoms with Crippen molar-refractivity contribution in [2.45, 2.75) is 4.90 Å². The summed E-state index contributed by atoms with van der Waals surface area (Å²) in [6, 6.07) is 14.8. The van der Waals surface area contributed by atoms with Crippen molar-refractivity contribution in [3.8, 4) is 11.5 Å². The number of carbonyl (C=O) groups excluding carboxylic acids is 1. The van der Waals surface area contributed by atoms with Crippen LogP contribution in [-0.2, 0) is 14.8 Å². The molecule has 3 rings (SSSR count). The SMILES string of the molecule is COc1ccc(NS(=O)(=O)c2ccc(OCC(=O)Nc3ccc(Cl)c(Cl)c3)cc2)cc1Cl. The van der Waals surface area contributed by atoms with E-state index in [4.69, 9.17) is 44.3 Å². The topological polar surface area (TPSA) is 93.7 Å². The van der Waals surface area contributed by atoms with Gasteiger partial charge in [0, 0.05) is 5.69 Å². The van der Waals surface area contributed by atoms with Crippen LogP contribution in [0.25, 0.3) is 0 Å². The van der Waals surface area contributed by atoms with E-state index in [1.807, 2.05) is 0 Å². The Kier molecular flexibility index (Phi) is 7.73. The predicted octanol–water partition coefficient (Wildman–Crippen LogP) is 5.47. The number of nitrogens with one attached hydrogen (secondary N) is 2. The van der Waals surface area contributed by atoms with Crippen LogP contribution in [0.2, 0.25) is 15.1 Å². The van der Waals surface area contributed by atoms with E-state index in [0.717, 1.165) is 0 Å². The molecule has 11 heteroatoms. The Labute approximate surface area is 200 Å². The molecule has 32 heavy (non-hydrogen) atoms. The highest BCUT2D eigenvalue weighted by Gasteiger charge is 2.15. The van der Waals surface area contributed by atoms with Crippen LogP contribution in [-0.4, -0.2) is 28.0 Å². The molecule has 0 spiro atoms. The van der Waals surface area contributed by atoms with Gasteiger partial charge in [0.05, 0.1) is 32.8 Å². The van der Waals surface area contributed by atoms with E-state index in [9.17, 15) is 13.2 Å². The van der Waals surface area contributed by atoms with Crippen molar-refractivity contribution in [2.75, 3.05) is 23.8 Å². The van der Waals surface area contributed by atoms with Gasteiger partial charge in [0.2, 0.25) is 0 Å². The second kappa shape index (κ2) is 10.3. The Bertz CT molecular complexity index is 1230. The molecule has 7 nitrogen and oxygen atoms in total. The maximum absolute atomic E-state index is 12.6. The summed E-state index contributed by atoms with van der Waals surface area (Å²) in [5.41, 5.74) is 0.759. The second-order valence-electron chi connectivity index (χ2n) is 6.39. The summed E-state index contributed by atoms with van der Waals surface area (Å²) >= 11 is 17.8. The average molecular weight is 516 g/mol. The number of hydrogen-bond acceptors (Lipinski definition) is 5. The first-order chi connectivity index (χ1) is 15.2. The Morgan fingerprint density at radius 3 is 2.16 bits per heavy atom. The van der Waals surface area contributed by atoms with Crippen LogP contribution in [0.4, 0.5) is 11.4 Å². The van der Waals surface area contributed by atoms with Crippen molar-refractivity contribution in [2.24, 2.45) is 0 Å². The number of amides is 1. The van der Waals surface area contributed by atoms with Gasteiger partial charge in [0.15, 0.2) is 6.61 Å². The van der Waals surface area contributed by atoms with Gasteiger partial charge in [-0.1, -0.05) is 34.8 Å². The fourth-order valence-electron chi connectivity index (χ4n) is 2.58. The maximum atomic E-state index is 12.6. The van der Waals surface area contributed by atoms with E-state index in [1.165, 1.54) is 49.6 Å². The highest BCUT2D eigenvalue weighted by Crippen LogP contribution is 2.29. The van der Waals surface area contributed by atoms with Crippen LogP contribution >= 0.6 is 34.8 Å². The highest BCUT2D eigenvalue weighted by atomic mass is 35.5. The lowest BCUT2D eigenvalue weighted by molar-refractivity contribution is -0.118. The van der Waals surface area contributed by atoms with Gasteiger partial charge in [0.1, 0.15) is 11.5 Å². The third kappa shape index (κ3) is 6.20. The lowest BCUT2D eigenvalue weighted by Crippen LogP contribution is -2.20. The molecule has 0 aliphatic rings. The quantitative estimate of drug-likeness (QED) is 0.415. The van der Waals surface area contributed by atoms with Crippen LogP contribution in [0.3, 0.4) is 0 Å². The summed E-state index contributed by atoms with van der Waals surface area (Å²) in [5, 5.41) is 3.59. The first-order valence-corrected chi connectivity index (χ1v) is 11.6. The molecule has 3 aromatic carbocycles. The third-order valence-electron chi connectivity index (χ3n) is 4.11. The van der Waals surface area contributed by atoms with Gasteiger partial charge in [-0.15, -0.1) is 0 Å². The van der Waals surface area contributed by atoms with Crippen molar-refractivity contribution in [3.63, 3.8) is 0 Å². The van der Waals surface area contributed by atoms with Crippen molar-refractivity contribution in [1.29, 1.82) is 0 Å². The molecule has 0 bridgehead atoms. The van der Waals surface area contributed by atoms with Gasteiger partial charge in [-0.3, -0.25) is 9.52 Å². The van der Waals surface area contributed by atoms with Crippen molar-refractivity contribution in [1.82, 2.24) is 0 Å². The van der Waals surface area contributed by atoms with Crippen molar-refractivity contribution in [3.05, 3.63) is 75.7 Å². The number of anilines is 2. The molecule has 0 fully saturated rings. The van der Waals surface area contributed by atoms with Crippen molar-refractivity contribution >= 4 is 62.1 Å². The fourth-order valence-corrected chi connectivity index (χ4v) is 4.18. The zero-order valence-electron chi connectivity index (χ0n) is 16.6. The van der Waals surface area contributed by atoms with Gasteiger partial charge in [0.25, 0.3) is 15.9 Å². The van der Waals surface area contributed by atoms with Crippen LogP contribution < -0.4 is 19.5 Å². The smallest absolute Gasteiger partial charge is 0.262 e. The highest BCUT2D eigenvalue weighted by molar-refractivity contribution is 7.92. The molecule has 0 saturated carbocycles. The van der Waals surface area contributed by atoms with Crippen LogP contribution in [0.15, 0.2) is 65.6 Å². The standard InChI is InChI=1S/C21H17Cl3N2O5S/c1-30-20-9-3-14(11-19(20)24)26-32(28,29)16-6-4-15(5-7-16)31-12-21(27)25-13-2-8-17(22)18(23)10-13/h2-11,26H,12H2,1H3,(H,25,27). The minimum Gasteiger partial charge on any atom is -0.495 e. The van der Waals surface area contributed by atoms with Gasteiger partial charge in [-0.05, 0) is 60.7 Å². The normalized spacial score (nSPS) is 11.0. The molecular weight excluding hydrogens is 499 g/mol. The van der Waals surface area contributed by atoms with E-state index >= 15 is 0 Å². The third-order valence-corrected chi connectivity index (χ3v) is 6.54. The van der Waals surface area contributed by atoms with E-state index < -0.39 is 15.9 Å². The van der Waals surface area contributed by atoms with E-state index in [0.29, 0.717) is 27.2 Å². The number of benzene rings is 3. The summed E-state index contributed by atoms with van der Waals surface area (Å²) in [4.78, 5) is 12.1. The van der Waals surface area contributed by atoms with Crippen molar-refractivity contribution < 1.29 is 22.7 Å². The number of ether oxygens (including phenoxy) is 2. The number of hydrogen-bond donors (Lipinski definition) is 2. The Morgan fingerprint density at radius 2 is 1.53 bits per heavy atom. The summed E-state index contributed by atoms with van der Waals surface area (Å²) in [6.45, 7) is -0.283. The Balaban J connectivity index is 1.59. The minimum atomic E-state index is -3.85. The van der Waals surface area contributed by atoms with Gasteiger partial charge < -0.3 is 14.8 Å². The molecule has 0 aromatic heterocycles. The number of carbonyl (C=O) groups is 1. The first-order valence-electron chi connectivity index (χ1n) is 9.02. The lowest BCUT2D eigenvalue weighted by atomic mass is 10.3. The predicted molar refractivity (Wildman–Crippen MR) is 126 cm³/mol. The molecule has 1 amide bonds. The molecule has 0 radical (unpaired) electrons. The minimum absolute atomic E-state index is 0.0112. The molecule has 0 atom stereocenters. The second-order valence-corrected chi connectivity index (χ2v) is 9.30. The fraction of sp³-hybridized carbons (Fsp3) is 0.0952. The molecule has 3 aromatic rings. The average Bonchev–Trinajstić information content (AvgIpc) is 2.75. The molecule has 2 N–H and O–H groups in total. The van der Waals surface area contributed by atoms with Gasteiger partial charge >= 0.3 is 0 Å². The van der Waals surface area contributed by atoms with Crippen LogP contribution in [0.5, 0.6) is 11.5 Å². The molecule has 168 valence electrons.